The van der Waals surface area contributed by atoms with E-state index < -0.39 is 0 Å². The van der Waals surface area contributed by atoms with Crippen LogP contribution < -0.4 is 5.32 Å². The minimum Gasteiger partial charge on any atom is -0.379 e. The third-order valence-electron chi connectivity index (χ3n) is 4.85. The molecule has 0 aromatic rings. The monoisotopic (exact) mass is 268 g/mol. The molecule has 1 heterocycles. The smallest absolute Gasteiger partial charge is 0.0594 e. The third-order valence-corrected chi connectivity index (χ3v) is 4.85. The van der Waals surface area contributed by atoms with Crippen molar-refractivity contribution in [2.24, 2.45) is 5.92 Å². The average Bonchev–Trinajstić information content (AvgIpc) is 2.70. The summed E-state index contributed by atoms with van der Waals surface area (Å²) in [6, 6.07) is 0.793. The van der Waals surface area contributed by atoms with Gasteiger partial charge in [-0.05, 0) is 44.7 Å². The van der Waals surface area contributed by atoms with Gasteiger partial charge in [0.15, 0.2) is 0 Å². The SMILES string of the molecule is CCC1CCCC(NCCCN2CCOCC2)CC1. The van der Waals surface area contributed by atoms with Crippen molar-refractivity contribution in [1.29, 1.82) is 0 Å². The van der Waals surface area contributed by atoms with Crippen LogP contribution in [0.4, 0.5) is 0 Å². The molecule has 0 spiro atoms. The van der Waals surface area contributed by atoms with Crippen molar-refractivity contribution in [1.82, 2.24) is 10.2 Å². The van der Waals surface area contributed by atoms with E-state index in [4.69, 9.17) is 4.74 Å². The molecule has 0 aromatic carbocycles. The molecule has 2 fully saturated rings. The Bertz CT molecular complexity index is 229. The van der Waals surface area contributed by atoms with Crippen LogP contribution in [0.1, 0.15) is 51.9 Å². The highest BCUT2D eigenvalue weighted by Crippen LogP contribution is 2.25. The van der Waals surface area contributed by atoms with Gasteiger partial charge in [-0.3, -0.25) is 4.90 Å². The van der Waals surface area contributed by atoms with Crippen molar-refractivity contribution < 1.29 is 4.74 Å². The molecular weight excluding hydrogens is 236 g/mol. The Kier molecular flexibility index (Phi) is 7.18. The fourth-order valence-corrected chi connectivity index (χ4v) is 3.42. The van der Waals surface area contributed by atoms with E-state index in [2.05, 4.69) is 17.1 Å². The Balaban J connectivity index is 1.52. The lowest BCUT2D eigenvalue weighted by atomic mass is 9.98. The van der Waals surface area contributed by atoms with Gasteiger partial charge in [0.25, 0.3) is 0 Å². The highest BCUT2D eigenvalue weighted by molar-refractivity contribution is 4.74. The molecule has 1 aliphatic carbocycles. The predicted octanol–water partition coefficient (Wildman–Crippen LogP) is 2.66. The molecule has 112 valence electrons. The Labute approximate surface area is 119 Å². The van der Waals surface area contributed by atoms with E-state index in [1.807, 2.05) is 0 Å². The molecule has 2 aliphatic rings. The molecule has 1 aliphatic heterocycles. The number of morpholine rings is 1. The zero-order valence-electron chi connectivity index (χ0n) is 12.7. The molecule has 0 bridgehead atoms. The lowest BCUT2D eigenvalue weighted by molar-refractivity contribution is 0.0373. The summed E-state index contributed by atoms with van der Waals surface area (Å²) in [5, 5.41) is 3.79. The normalized spacial score (nSPS) is 30.2. The zero-order valence-corrected chi connectivity index (χ0v) is 12.7. The van der Waals surface area contributed by atoms with Crippen LogP contribution in [0.3, 0.4) is 0 Å². The molecular formula is C16H32N2O. The fourth-order valence-electron chi connectivity index (χ4n) is 3.42. The van der Waals surface area contributed by atoms with E-state index in [1.54, 1.807) is 0 Å². The molecule has 1 N–H and O–H groups in total. The molecule has 2 unspecified atom stereocenters. The maximum absolute atomic E-state index is 5.38. The molecule has 3 nitrogen and oxygen atoms in total. The standard InChI is InChI=1S/C16H32N2O/c1-2-15-5-3-6-16(8-7-15)17-9-4-10-18-11-13-19-14-12-18/h15-17H,2-14H2,1H3. The summed E-state index contributed by atoms with van der Waals surface area (Å²) < 4.78 is 5.38. The van der Waals surface area contributed by atoms with E-state index in [1.165, 1.54) is 58.0 Å². The average molecular weight is 268 g/mol. The van der Waals surface area contributed by atoms with Gasteiger partial charge in [-0.2, -0.15) is 0 Å². The quantitative estimate of drug-likeness (QED) is 0.592. The second kappa shape index (κ2) is 8.93. The first kappa shape index (κ1) is 15.3. The van der Waals surface area contributed by atoms with Crippen LogP contribution in [0, 0.1) is 5.92 Å². The largest absolute Gasteiger partial charge is 0.379 e. The van der Waals surface area contributed by atoms with Crippen LogP contribution in [-0.2, 0) is 4.74 Å². The predicted molar refractivity (Wildman–Crippen MR) is 80.5 cm³/mol. The lowest BCUT2D eigenvalue weighted by Crippen LogP contribution is -2.38. The summed E-state index contributed by atoms with van der Waals surface area (Å²) in [4.78, 5) is 2.53. The van der Waals surface area contributed by atoms with Crippen molar-refractivity contribution in [2.75, 3.05) is 39.4 Å². The van der Waals surface area contributed by atoms with Gasteiger partial charge in [-0.15, -0.1) is 0 Å². The van der Waals surface area contributed by atoms with E-state index in [0.29, 0.717) is 0 Å². The van der Waals surface area contributed by atoms with Crippen molar-refractivity contribution in [3.63, 3.8) is 0 Å². The highest BCUT2D eigenvalue weighted by Gasteiger charge is 2.17. The van der Waals surface area contributed by atoms with Gasteiger partial charge < -0.3 is 10.1 Å². The number of hydrogen-bond acceptors (Lipinski definition) is 3. The van der Waals surface area contributed by atoms with Gasteiger partial charge >= 0.3 is 0 Å². The molecule has 1 saturated carbocycles. The minimum absolute atomic E-state index is 0.793. The maximum Gasteiger partial charge on any atom is 0.0594 e. The van der Waals surface area contributed by atoms with Crippen LogP contribution in [0.5, 0.6) is 0 Å². The van der Waals surface area contributed by atoms with Gasteiger partial charge in [0.05, 0.1) is 13.2 Å². The minimum atomic E-state index is 0.793. The second-order valence-electron chi connectivity index (χ2n) is 6.24. The van der Waals surface area contributed by atoms with Crippen molar-refractivity contribution in [2.45, 2.75) is 57.9 Å². The van der Waals surface area contributed by atoms with Gasteiger partial charge in [0, 0.05) is 19.1 Å². The van der Waals surface area contributed by atoms with Gasteiger partial charge in [0.1, 0.15) is 0 Å². The number of ether oxygens (including phenoxy) is 1. The van der Waals surface area contributed by atoms with Crippen LogP contribution in [-0.4, -0.2) is 50.3 Å². The Morgan fingerprint density at radius 3 is 2.74 bits per heavy atom. The van der Waals surface area contributed by atoms with E-state index in [9.17, 15) is 0 Å². The van der Waals surface area contributed by atoms with Crippen molar-refractivity contribution in [3.8, 4) is 0 Å². The number of nitrogens with zero attached hydrogens (tertiary/aromatic N) is 1. The maximum atomic E-state index is 5.38. The number of nitrogens with one attached hydrogen (secondary N) is 1. The van der Waals surface area contributed by atoms with Crippen LogP contribution in [0.15, 0.2) is 0 Å². The summed E-state index contributed by atoms with van der Waals surface area (Å²) in [6.07, 6.45) is 9.79. The first-order valence-corrected chi connectivity index (χ1v) is 8.42. The van der Waals surface area contributed by atoms with Gasteiger partial charge in [-0.1, -0.05) is 26.2 Å². The van der Waals surface area contributed by atoms with Crippen molar-refractivity contribution >= 4 is 0 Å². The summed E-state index contributed by atoms with van der Waals surface area (Å²) >= 11 is 0. The summed E-state index contributed by atoms with van der Waals surface area (Å²) in [6.45, 7) is 8.88. The van der Waals surface area contributed by atoms with Crippen LogP contribution in [0.25, 0.3) is 0 Å². The van der Waals surface area contributed by atoms with Gasteiger partial charge in [-0.25, -0.2) is 0 Å². The Hall–Kier alpha value is -0.120. The van der Waals surface area contributed by atoms with Gasteiger partial charge in [0.2, 0.25) is 0 Å². The highest BCUT2D eigenvalue weighted by atomic mass is 16.5. The number of hydrogen-bond donors (Lipinski definition) is 1. The van der Waals surface area contributed by atoms with Crippen molar-refractivity contribution in [3.05, 3.63) is 0 Å². The number of rotatable bonds is 6. The molecule has 0 aromatic heterocycles. The summed E-state index contributed by atoms with van der Waals surface area (Å²) in [5.74, 6) is 1.00. The van der Waals surface area contributed by atoms with Crippen LogP contribution >= 0.6 is 0 Å². The molecule has 3 heteroatoms. The van der Waals surface area contributed by atoms with Crippen LogP contribution in [0.2, 0.25) is 0 Å². The van der Waals surface area contributed by atoms with E-state index in [0.717, 1.165) is 38.3 Å². The van der Waals surface area contributed by atoms with E-state index in [-0.39, 0.29) is 0 Å². The topological polar surface area (TPSA) is 24.5 Å². The Morgan fingerprint density at radius 1 is 1.11 bits per heavy atom. The molecule has 0 radical (unpaired) electrons. The lowest BCUT2D eigenvalue weighted by Gasteiger charge is -2.26. The van der Waals surface area contributed by atoms with E-state index >= 15 is 0 Å². The molecule has 1 saturated heterocycles. The molecule has 2 rings (SSSR count). The molecule has 0 amide bonds. The molecule has 19 heavy (non-hydrogen) atoms. The first-order chi connectivity index (χ1) is 9.38. The molecule has 2 atom stereocenters. The second-order valence-corrected chi connectivity index (χ2v) is 6.24. The fraction of sp³-hybridized carbons (Fsp3) is 1.00. The zero-order chi connectivity index (χ0) is 13.3. The Morgan fingerprint density at radius 2 is 1.95 bits per heavy atom. The third kappa shape index (κ3) is 5.80. The summed E-state index contributed by atoms with van der Waals surface area (Å²) in [5.41, 5.74) is 0. The summed E-state index contributed by atoms with van der Waals surface area (Å²) in [7, 11) is 0. The first-order valence-electron chi connectivity index (χ1n) is 8.42.